The molecular weight excluding hydrogens is 262 g/mol. The van der Waals surface area contributed by atoms with E-state index in [1.54, 1.807) is 0 Å². The molecule has 0 unspecified atom stereocenters. The van der Waals surface area contributed by atoms with Crippen molar-refractivity contribution in [3.63, 3.8) is 0 Å². The largest absolute Gasteiger partial charge is 0.364 e. The maximum atomic E-state index is 6.41. The van der Waals surface area contributed by atoms with E-state index in [1.165, 1.54) is 0 Å². The van der Waals surface area contributed by atoms with E-state index in [-0.39, 0.29) is 17.3 Å². The van der Waals surface area contributed by atoms with Crippen LogP contribution in [0.2, 0.25) is 0 Å². The highest BCUT2D eigenvalue weighted by Gasteiger charge is 2.63. The molecule has 3 heteroatoms. The molecule has 2 aliphatic rings. The third-order valence-corrected chi connectivity index (χ3v) is 5.26. The summed E-state index contributed by atoms with van der Waals surface area (Å²) in [6, 6.07) is 4.02. The van der Waals surface area contributed by atoms with E-state index in [0.29, 0.717) is 12.5 Å². The van der Waals surface area contributed by atoms with E-state index in [4.69, 9.17) is 9.47 Å². The topological polar surface area (TPSA) is 31.4 Å². The van der Waals surface area contributed by atoms with Gasteiger partial charge in [0.1, 0.15) is 6.10 Å². The van der Waals surface area contributed by atoms with Crippen molar-refractivity contribution >= 4 is 0 Å². The molecule has 21 heavy (non-hydrogen) atoms. The summed E-state index contributed by atoms with van der Waals surface area (Å²) in [5.74, 6) is 0.428. The first-order valence-corrected chi connectivity index (χ1v) is 7.80. The van der Waals surface area contributed by atoms with Crippen LogP contribution in [-0.4, -0.2) is 22.3 Å². The minimum absolute atomic E-state index is 0.0324. The van der Waals surface area contributed by atoms with Gasteiger partial charge in [-0.2, -0.15) is 0 Å². The maximum absolute atomic E-state index is 6.41. The number of nitrogens with zero attached hydrogens (tertiary/aromatic N) is 1. The average Bonchev–Trinajstić information content (AvgIpc) is 2.90. The molecule has 2 saturated heterocycles. The molecule has 2 bridgehead atoms. The fourth-order valence-electron chi connectivity index (χ4n) is 3.84. The lowest BCUT2D eigenvalue weighted by Crippen LogP contribution is -2.40. The molecule has 0 saturated carbocycles. The Bertz CT molecular complexity index is 568. The minimum atomic E-state index is -0.232. The van der Waals surface area contributed by atoms with Crippen LogP contribution < -0.4 is 0 Å². The van der Waals surface area contributed by atoms with Crippen molar-refractivity contribution in [2.45, 2.75) is 64.4 Å². The third kappa shape index (κ3) is 2.14. The smallest absolute Gasteiger partial charge is 0.110 e. The lowest BCUT2D eigenvalue weighted by atomic mass is 9.72. The molecule has 1 aromatic heterocycles. The SMILES string of the molecule is C=C1[C@@H](OCc2ncccc2C)[C@]2(C)CC[C@@]1(C(C)C)O2. The van der Waals surface area contributed by atoms with Gasteiger partial charge in [-0.1, -0.05) is 26.5 Å². The zero-order valence-corrected chi connectivity index (χ0v) is 13.5. The van der Waals surface area contributed by atoms with E-state index in [9.17, 15) is 0 Å². The van der Waals surface area contributed by atoms with Gasteiger partial charge < -0.3 is 9.47 Å². The highest BCUT2D eigenvalue weighted by molar-refractivity contribution is 5.33. The van der Waals surface area contributed by atoms with E-state index < -0.39 is 0 Å². The number of aromatic nitrogens is 1. The van der Waals surface area contributed by atoms with Gasteiger partial charge in [0.05, 0.1) is 23.5 Å². The van der Waals surface area contributed by atoms with Crippen LogP contribution in [0.15, 0.2) is 30.5 Å². The Morgan fingerprint density at radius 3 is 2.86 bits per heavy atom. The summed E-state index contributed by atoms with van der Waals surface area (Å²) >= 11 is 0. The maximum Gasteiger partial charge on any atom is 0.110 e. The predicted octanol–water partition coefficient (Wildman–Crippen LogP) is 3.81. The first-order valence-electron chi connectivity index (χ1n) is 7.80. The second kappa shape index (κ2) is 4.92. The molecule has 3 atom stereocenters. The van der Waals surface area contributed by atoms with Gasteiger partial charge in [0.25, 0.3) is 0 Å². The highest BCUT2D eigenvalue weighted by Crippen LogP contribution is 2.57. The molecule has 0 aromatic carbocycles. The Labute approximate surface area is 127 Å². The molecule has 114 valence electrons. The summed E-state index contributed by atoms with van der Waals surface area (Å²) in [6.45, 7) is 13.5. The summed E-state index contributed by atoms with van der Waals surface area (Å²) in [7, 11) is 0. The monoisotopic (exact) mass is 287 g/mol. The van der Waals surface area contributed by atoms with Gasteiger partial charge in [-0.15, -0.1) is 0 Å². The second-order valence-corrected chi connectivity index (χ2v) is 6.94. The van der Waals surface area contributed by atoms with Crippen LogP contribution in [0.5, 0.6) is 0 Å². The standard InChI is InChI=1S/C18H25NO2/c1-12(2)18-9-8-17(5,21-18)16(14(18)4)20-11-15-13(3)7-6-10-19-15/h6-7,10,12,16H,4,8-9,11H2,1-3,5H3/t16-,17+,18+/m1/s1. The molecule has 0 amide bonds. The Hall–Kier alpha value is -1.19. The average molecular weight is 287 g/mol. The van der Waals surface area contributed by atoms with Gasteiger partial charge in [0, 0.05) is 6.20 Å². The quantitative estimate of drug-likeness (QED) is 0.789. The number of pyridine rings is 1. The molecule has 1 aromatic rings. The van der Waals surface area contributed by atoms with Crippen molar-refractivity contribution in [1.29, 1.82) is 0 Å². The fraction of sp³-hybridized carbons (Fsp3) is 0.611. The van der Waals surface area contributed by atoms with E-state index >= 15 is 0 Å². The molecule has 2 aliphatic heterocycles. The van der Waals surface area contributed by atoms with E-state index in [0.717, 1.165) is 29.7 Å². The zero-order valence-electron chi connectivity index (χ0n) is 13.5. The summed E-state index contributed by atoms with van der Waals surface area (Å²) in [5.41, 5.74) is 2.84. The van der Waals surface area contributed by atoms with Crippen LogP contribution in [-0.2, 0) is 16.1 Å². The zero-order chi connectivity index (χ0) is 15.3. The predicted molar refractivity (Wildman–Crippen MR) is 83.0 cm³/mol. The van der Waals surface area contributed by atoms with Gasteiger partial charge >= 0.3 is 0 Å². The van der Waals surface area contributed by atoms with Crippen molar-refractivity contribution < 1.29 is 9.47 Å². The Morgan fingerprint density at radius 1 is 1.48 bits per heavy atom. The van der Waals surface area contributed by atoms with Crippen LogP contribution >= 0.6 is 0 Å². The number of ether oxygens (including phenoxy) is 2. The number of hydrogen-bond donors (Lipinski definition) is 0. The van der Waals surface area contributed by atoms with Crippen LogP contribution in [0.1, 0.15) is 44.9 Å². The minimum Gasteiger partial charge on any atom is -0.364 e. The number of hydrogen-bond acceptors (Lipinski definition) is 3. The Kier molecular flexibility index (Phi) is 3.45. The lowest BCUT2D eigenvalue weighted by Gasteiger charge is -2.34. The van der Waals surface area contributed by atoms with Gasteiger partial charge in [0.15, 0.2) is 0 Å². The van der Waals surface area contributed by atoms with Crippen molar-refractivity contribution in [2.24, 2.45) is 5.92 Å². The van der Waals surface area contributed by atoms with Crippen molar-refractivity contribution in [1.82, 2.24) is 4.98 Å². The second-order valence-electron chi connectivity index (χ2n) is 6.94. The van der Waals surface area contributed by atoms with Crippen LogP contribution in [0.3, 0.4) is 0 Å². The Balaban J connectivity index is 1.78. The van der Waals surface area contributed by atoms with Crippen LogP contribution in [0.4, 0.5) is 0 Å². The highest BCUT2D eigenvalue weighted by atomic mass is 16.6. The molecule has 0 N–H and O–H groups in total. The molecule has 0 spiro atoms. The van der Waals surface area contributed by atoms with Gasteiger partial charge in [0.2, 0.25) is 0 Å². The molecule has 0 radical (unpaired) electrons. The molecular formula is C18H25NO2. The van der Waals surface area contributed by atoms with Crippen LogP contribution in [0.25, 0.3) is 0 Å². The Morgan fingerprint density at radius 2 is 2.24 bits per heavy atom. The normalized spacial score (nSPS) is 34.9. The van der Waals surface area contributed by atoms with E-state index in [2.05, 4.69) is 45.3 Å². The van der Waals surface area contributed by atoms with Crippen molar-refractivity contribution in [2.75, 3.05) is 0 Å². The number of aryl methyl sites for hydroxylation is 1. The van der Waals surface area contributed by atoms with Crippen molar-refractivity contribution in [3.05, 3.63) is 41.7 Å². The third-order valence-electron chi connectivity index (χ3n) is 5.26. The fourth-order valence-corrected chi connectivity index (χ4v) is 3.84. The summed E-state index contributed by atoms with van der Waals surface area (Å²) in [5, 5.41) is 0. The molecule has 0 aliphatic carbocycles. The lowest BCUT2D eigenvalue weighted by molar-refractivity contribution is -0.0963. The van der Waals surface area contributed by atoms with Gasteiger partial charge in [-0.05, 0) is 49.8 Å². The van der Waals surface area contributed by atoms with E-state index in [1.807, 2.05) is 12.3 Å². The molecule has 3 rings (SSSR count). The summed E-state index contributed by atoms with van der Waals surface area (Å²) < 4.78 is 12.6. The number of fused-ring (bicyclic) bond motifs is 2. The number of rotatable bonds is 4. The van der Waals surface area contributed by atoms with Crippen LogP contribution in [0, 0.1) is 12.8 Å². The van der Waals surface area contributed by atoms with Gasteiger partial charge in [-0.3, -0.25) is 4.98 Å². The molecule has 3 heterocycles. The van der Waals surface area contributed by atoms with Crippen molar-refractivity contribution in [3.8, 4) is 0 Å². The summed E-state index contributed by atoms with van der Waals surface area (Å²) in [4.78, 5) is 4.41. The first kappa shape index (κ1) is 14.7. The summed E-state index contributed by atoms with van der Waals surface area (Å²) in [6.07, 6.45) is 3.88. The molecule has 2 fully saturated rings. The molecule has 3 nitrogen and oxygen atoms in total. The van der Waals surface area contributed by atoms with Gasteiger partial charge in [-0.25, -0.2) is 0 Å². The first-order chi connectivity index (χ1) is 9.89.